The number of primary amides is 1. The van der Waals surface area contributed by atoms with Gasteiger partial charge in [-0.2, -0.15) is 0 Å². The van der Waals surface area contributed by atoms with E-state index in [0.29, 0.717) is 10.4 Å². The second-order valence-corrected chi connectivity index (χ2v) is 4.36. The third kappa shape index (κ3) is 1.89. The molecule has 0 bridgehead atoms. The molecular weight excluding hydrogens is 218 g/mol. The van der Waals surface area contributed by atoms with Crippen LogP contribution in [0.15, 0.2) is 11.4 Å². The van der Waals surface area contributed by atoms with Gasteiger partial charge in [-0.25, -0.2) is 0 Å². The van der Waals surface area contributed by atoms with E-state index in [1.807, 2.05) is 0 Å². The van der Waals surface area contributed by atoms with E-state index < -0.39 is 24.2 Å². The average molecular weight is 229 g/mol. The Morgan fingerprint density at radius 1 is 1.60 bits per heavy atom. The van der Waals surface area contributed by atoms with Crippen molar-refractivity contribution in [3.63, 3.8) is 0 Å². The van der Waals surface area contributed by atoms with Crippen LogP contribution in [-0.4, -0.2) is 34.9 Å². The Labute approximate surface area is 90.1 Å². The van der Waals surface area contributed by atoms with E-state index in [1.54, 1.807) is 11.4 Å². The minimum Gasteiger partial charge on any atom is -0.388 e. The molecule has 1 saturated heterocycles. The van der Waals surface area contributed by atoms with Gasteiger partial charge in [0.05, 0.1) is 12.2 Å². The van der Waals surface area contributed by atoms with E-state index in [2.05, 4.69) is 0 Å². The van der Waals surface area contributed by atoms with Gasteiger partial charge < -0.3 is 20.7 Å². The summed E-state index contributed by atoms with van der Waals surface area (Å²) < 4.78 is 5.21. The minimum absolute atomic E-state index is 0.107. The van der Waals surface area contributed by atoms with Gasteiger partial charge in [-0.1, -0.05) is 0 Å². The lowest BCUT2D eigenvalue weighted by molar-refractivity contribution is 0.0241. The molecule has 1 aliphatic heterocycles. The number of amides is 1. The predicted octanol–water partition coefficient (Wildman–Crippen LogP) is -0.360. The number of nitrogens with two attached hydrogens (primary N) is 1. The molecule has 2 rings (SSSR count). The maximum atomic E-state index is 10.9. The zero-order chi connectivity index (χ0) is 11.0. The Kier molecular flexibility index (Phi) is 2.74. The van der Waals surface area contributed by atoms with Gasteiger partial charge in [-0.3, -0.25) is 4.79 Å². The van der Waals surface area contributed by atoms with Crippen molar-refractivity contribution in [2.75, 3.05) is 6.61 Å². The summed E-state index contributed by atoms with van der Waals surface area (Å²) in [7, 11) is 0. The fraction of sp³-hybridized carbons (Fsp3) is 0.444. The molecule has 6 heteroatoms. The molecule has 2 heterocycles. The molecule has 0 radical (unpaired) electrons. The van der Waals surface area contributed by atoms with Crippen molar-refractivity contribution >= 4 is 17.2 Å². The van der Waals surface area contributed by atoms with E-state index in [4.69, 9.17) is 10.5 Å². The number of aliphatic hydroxyl groups is 2. The van der Waals surface area contributed by atoms with E-state index in [9.17, 15) is 15.0 Å². The quantitative estimate of drug-likeness (QED) is 0.645. The van der Waals surface area contributed by atoms with Crippen LogP contribution in [0.25, 0.3) is 0 Å². The molecule has 5 nitrogen and oxygen atoms in total. The molecule has 0 aliphatic carbocycles. The monoisotopic (exact) mass is 229 g/mol. The summed E-state index contributed by atoms with van der Waals surface area (Å²) in [5.74, 6) is -0.509. The van der Waals surface area contributed by atoms with Crippen molar-refractivity contribution in [1.29, 1.82) is 0 Å². The van der Waals surface area contributed by atoms with Crippen LogP contribution in [0.2, 0.25) is 0 Å². The van der Waals surface area contributed by atoms with Crippen LogP contribution in [0, 0.1) is 0 Å². The summed E-state index contributed by atoms with van der Waals surface area (Å²) in [6, 6.07) is 1.58. The third-order valence-corrected chi connectivity index (χ3v) is 3.33. The largest absolute Gasteiger partial charge is 0.388 e. The lowest BCUT2D eigenvalue weighted by atomic mass is 10.1. The van der Waals surface area contributed by atoms with Crippen LogP contribution in [0.5, 0.6) is 0 Å². The molecule has 1 aromatic heterocycles. The number of thiophene rings is 1. The molecule has 82 valence electrons. The fourth-order valence-corrected chi connectivity index (χ4v) is 2.47. The van der Waals surface area contributed by atoms with Crippen LogP contribution in [-0.2, 0) is 4.74 Å². The van der Waals surface area contributed by atoms with Gasteiger partial charge in [-0.05, 0) is 6.07 Å². The van der Waals surface area contributed by atoms with Crippen molar-refractivity contribution in [3.8, 4) is 0 Å². The highest BCUT2D eigenvalue weighted by Gasteiger charge is 2.36. The number of hydrogen-bond acceptors (Lipinski definition) is 5. The van der Waals surface area contributed by atoms with Gasteiger partial charge in [0.15, 0.2) is 0 Å². The topological polar surface area (TPSA) is 92.8 Å². The molecular formula is C9H11NO4S. The Hall–Kier alpha value is -0.950. The summed E-state index contributed by atoms with van der Waals surface area (Å²) in [6.45, 7) is 0.107. The van der Waals surface area contributed by atoms with Gasteiger partial charge in [0.25, 0.3) is 0 Å². The molecule has 0 saturated carbocycles. The molecule has 15 heavy (non-hydrogen) atoms. The lowest BCUT2D eigenvalue weighted by Crippen LogP contribution is -2.24. The molecule has 1 aromatic rings. The first-order valence-electron chi connectivity index (χ1n) is 4.45. The Bertz CT molecular complexity index is 378. The van der Waals surface area contributed by atoms with Gasteiger partial charge in [0.2, 0.25) is 5.91 Å². The Morgan fingerprint density at radius 3 is 2.80 bits per heavy atom. The SMILES string of the molecule is NC(=O)c1csc([C@@H]2OC[C@@H](O)[C@H]2O)c1. The third-order valence-electron chi connectivity index (χ3n) is 2.34. The van der Waals surface area contributed by atoms with E-state index in [-0.39, 0.29) is 6.61 Å². The molecule has 0 unspecified atom stereocenters. The van der Waals surface area contributed by atoms with Gasteiger partial charge in [0, 0.05) is 10.3 Å². The van der Waals surface area contributed by atoms with Gasteiger partial charge in [0.1, 0.15) is 18.3 Å². The van der Waals surface area contributed by atoms with Crippen molar-refractivity contribution in [3.05, 3.63) is 21.9 Å². The van der Waals surface area contributed by atoms with E-state index in [0.717, 1.165) is 0 Å². The van der Waals surface area contributed by atoms with Crippen LogP contribution in [0.1, 0.15) is 21.3 Å². The maximum absolute atomic E-state index is 10.9. The zero-order valence-corrected chi connectivity index (χ0v) is 8.61. The molecule has 3 atom stereocenters. The van der Waals surface area contributed by atoms with Crippen molar-refractivity contribution in [2.24, 2.45) is 5.73 Å². The molecule has 0 spiro atoms. The summed E-state index contributed by atoms with van der Waals surface area (Å²) >= 11 is 1.28. The fourth-order valence-electron chi connectivity index (χ4n) is 1.48. The normalized spacial score (nSPS) is 30.7. The average Bonchev–Trinajstić information content (AvgIpc) is 2.76. The minimum atomic E-state index is -0.940. The maximum Gasteiger partial charge on any atom is 0.249 e. The highest BCUT2D eigenvalue weighted by atomic mass is 32.1. The van der Waals surface area contributed by atoms with E-state index >= 15 is 0 Å². The van der Waals surface area contributed by atoms with Crippen molar-refractivity contribution in [2.45, 2.75) is 18.3 Å². The summed E-state index contributed by atoms with van der Waals surface area (Å²) in [6.07, 6.45) is -2.36. The highest BCUT2D eigenvalue weighted by Crippen LogP contribution is 2.33. The highest BCUT2D eigenvalue weighted by molar-refractivity contribution is 7.10. The number of carbonyl (C=O) groups excluding carboxylic acids is 1. The van der Waals surface area contributed by atoms with Crippen molar-refractivity contribution < 1.29 is 19.7 Å². The molecule has 1 fully saturated rings. The molecule has 4 N–H and O–H groups in total. The first kappa shape index (κ1) is 10.6. The van der Waals surface area contributed by atoms with Gasteiger partial charge in [-0.15, -0.1) is 11.3 Å². The number of rotatable bonds is 2. The predicted molar refractivity (Wildman–Crippen MR) is 53.5 cm³/mol. The van der Waals surface area contributed by atoms with Crippen LogP contribution >= 0.6 is 11.3 Å². The number of hydrogen-bond donors (Lipinski definition) is 3. The first-order valence-corrected chi connectivity index (χ1v) is 5.33. The van der Waals surface area contributed by atoms with Gasteiger partial charge >= 0.3 is 0 Å². The smallest absolute Gasteiger partial charge is 0.249 e. The number of carbonyl (C=O) groups is 1. The van der Waals surface area contributed by atoms with Crippen molar-refractivity contribution in [1.82, 2.24) is 0 Å². The Morgan fingerprint density at radius 2 is 2.33 bits per heavy atom. The van der Waals surface area contributed by atoms with Crippen LogP contribution in [0.4, 0.5) is 0 Å². The molecule has 1 aliphatic rings. The Balaban J connectivity index is 2.19. The standard InChI is InChI=1S/C9H11NO4S/c10-9(13)4-1-6(15-3-4)8-7(12)5(11)2-14-8/h1,3,5,7-8,11-12H,2H2,(H2,10,13)/t5-,7-,8+/m1/s1. The van der Waals surface area contributed by atoms with Crippen LogP contribution < -0.4 is 5.73 Å². The van der Waals surface area contributed by atoms with Crippen LogP contribution in [0.3, 0.4) is 0 Å². The summed E-state index contributed by atoms with van der Waals surface area (Å²) in [5.41, 5.74) is 5.50. The number of aliphatic hydroxyl groups excluding tert-OH is 2. The lowest BCUT2D eigenvalue weighted by Gasteiger charge is -2.12. The van der Waals surface area contributed by atoms with E-state index in [1.165, 1.54) is 11.3 Å². The second kappa shape index (κ2) is 3.90. The summed E-state index contributed by atoms with van der Waals surface area (Å²) in [5, 5.41) is 20.5. The zero-order valence-electron chi connectivity index (χ0n) is 7.79. The molecule has 0 aromatic carbocycles. The first-order chi connectivity index (χ1) is 7.09. The number of ether oxygens (including phenoxy) is 1. The summed E-state index contributed by atoms with van der Waals surface area (Å²) in [4.78, 5) is 11.6. The molecule has 1 amide bonds. The second-order valence-electron chi connectivity index (χ2n) is 3.41.